The fraction of sp³-hybridized carbons (Fsp3) is 0.238. The van der Waals surface area contributed by atoms with Crippen LogP contribution in [0.3, 0.4) is 0 Å². The van der Waals surface area contributed by atoms with Crippen LogP contribution in [-0.4, -0.2) is 53.1 Å². The number of hydrogen-bond donors (Lipinski definition) is 1. The van der Waals surface area contributed by atoms with Crippen LogP contribution in [0.2, 0.25) is 0 Å². The van der Waals surface area contributed by atoms with Gasteiger partial charge in [0.15, 0.2) is 0 Å². The third kappa shape index (κ3) is 4.55. The minimum atomic E-state index is -0.440. The van der Waals surface area contributed by atoms with Crippen molar-refractivity contribution in [3.63, 3.8) is 0 Å². The number of amides is 1. The number of para-hydroxylation sites is 1. The molecule has 0 fully saturated rings. The molecule has 0 aliphatic rings. The summed E-state index contributed by atoms with van der Waals surface area (Å²) in [7, 11) is 3.10. The van der Waals surface area contributed by atoms with E-state index < -0.39 is 5.82 Å². The minimum absolute atomic E-state index is 0.124. The zero-order chi connectivity index (χ0) is 20.8. The largest absolute Gasteiger partial charge is 0.497 e. The summed E-state index contributed by atoms with van der Waals surface area (Å²) in [6, 6.07) is 11.5. The third-order valence-electron chi connectivity index (χ3n) is 4.44. The van der Waals surface area contributed by atoms with Crippen molar-refractivity contribution in [3.8, 4) is 17.2 Å². The number of carbonyl (C=O) groups is 1. The standard InChI is InChI=1S/C21H22FN3O4/c1-28-17-8-7-15(20(11-17)29-2)13-24(9-10-26)21(27)16-12-23-25(14-16)19-6-4-3-5-18(19)22/h3-8,11-12,14,26H,9-10,13H2,1-2H3. The first-order chi connectivity index (χ1) is 14.1. The smallest absolute Gasteiger partial charge is 0.257 e. The zero-order valence-corrected chi connectivity index (χ0v) is 16.2. The van der Waals surface area contributed by atoms with Gasteiger partial charge in [0.1, 0.15) is 23.0 Å². The van der Waals surface area contributed by atoms with Crippen LogP contribution in [0.15, 0.2) is 54.9 Å². The molecule has 1 N–H and O–H groups in total. The van der Waals surface area contributed by atoms with Gasteiger partial charge in [0, 0.05) is 30.9 Å². The Labute approximate surface area is 167 Å². The third-order valence-corrected chi connectivity index (χ3v) is 4.44. The maximum absolute atomic E-state index is 14.0. The molecule has 0 aliphatic carbocycles. The lowest BCUT2D eigenvalue weighted by Crippen LogP contribution is -2.33. The van der Waals surface area contributed by atoms with Crippen molar-refractivity contribution in [3.05, 3.63) is 71.8 Å². The van der Waals surface area contributed by atoms with Crippen LogP contribution in [0.5, 0.6) is 11.5 Å². The topological polar surface area (TPSA) is 76.8 Å². The van der Waals surface area contributed by atoms with Crippen molar-refractivity contribution in [2.45, 2.75) is 6.54 Å². The minimum Gasteiger partial charge on any atom is -0.497 e. The van der Waals surface area contributed by atoms with Crippen molar-refractivity contribution >= 4 is 5.91 Å². The van der Waals surface area contributed by atoms with Crippen LogP contribution in [0.25, 0.3) is 5.69 Å². The quantitative estimate of drug-likeness (QED) is 0.630. The van der Waals surface area contributed by atoms with Crippen molar-refractivity contribution in [2.24, 2.45) is 0 Å². The van der Waals surface area contributed by atoms with E-state index in [-0.39, 0.29) is 36.9 Å². The van der Waals surface area contributed by atoms with E-state index in [1.807, 2.05) is 0 Å². The average molecular weight is 399 g/mol. The summed E-state index contributed by atoms with van der Waals surface area (Å²) in [6.45, 7) is 0.141. The molecule has 0 aliphatic heterocycles. The van der Waals surface area contributed by atoms with Gasteiger partial charge in [-0.1, -0.05) is 12.1 Å². The van der Waals surface area contributed by atoms with Crippen LogP contribution >= 0.6 is 0 Å². The summed E-state index contributed by atoms with van der Waals surface area (Å²) < 4.78 is 25.9. The van der Waals surface area contributed by atoms with E-state index in [0.717, 1.165) is 5.56 Å². The first-order valence-corrected chi connectivity index (χ1v) is 8.98. The van der Waals surface area contributed by atoms with Crippen LogP contribution < -0.4 is 9.47 Å². The van der Waals surface area contributed by atoms with Crippen molar-refractivity contribution < 1.29 is 23.8 Å². The first-order valence-electron chi connectivity index (χ1n) is 8.98. The number of aliphatic hydroxyl groups is 1. The van der Waals surface area contributed by atoms with Crippen LogP contribution in [0, 0.1) is 5.82 Å². The molecule has 3 rings (SSSR count). The molecule has 1 heterocycles. The SMILES string of the molecule is COc1ccc(CN(CCO)C(=O)c2cnn(-c3ccccc3F)c2)c(OC)c1. The molecule has 152 valence electrons. The lowest BCUT2D eigenvalue weighted by molar-refractivity contribution is 0.0706. The van der Waals surface area contributed by atoms with Crippen molar-refractivity contribution in [2.75, 3.05) is 27.4 Å². The maximum atomic E-state index is 14.0. The number of benzene rings is 2. The lowest BCUT2D eigenvalue weighted by Gasteiger charge is -2.22. The number of halogens is 1. The second-order valence-electron chi connectivity index (χ2n) is 6.25. The highest BCUT2D eigenvalue weighted by Gasteiger charge is 2.20. The van der Waals surface area contributed by atoms with Crippen LogP contribution in [-0.2, 0) is 6.54 Å². The van der Waals surface area contributed by atoms with Crippen molar-refractivity contribution in [1.82, 2.24) is 14.7 Å². The first kappa shape index (κ1) is 20.3. The number of methoxy groups -OCH3 is 2. The number of carbonyl (C=O) groups excluding carboxylic acids is 1. The number of hydrogen-bond acceptors (Lipinski definition) is 5. The van der Waals surface area contributed by atoms with E-state index in [9.17, 15) is 14.3 Å². The summed E-state index contributed by atoms with van der Waals surface area (Å²) in [5, 5.41) is 13.5. The molecule has 0 saturated carbocycles. The molecule has 1 aromatic heterocycles. The Morgan fingerprint density at radius 1 is 1.21 bits per heavy atom. The molecule has 0 radical (unpaired) electrons. The van der Waals surface area contributed by atoms with Gasteiger partial charge in [0.25, 0.3) is 5.91 Å². The molecule has 2 aromatic carbocycles. The van der Waals surface area contributed by atoms with E-state index in [2.05, 4.69) is 5.10 Å². The van der Waals surface area contributed by atoms with E-state index in [4.69, 9.17) is 9.47 Å². The summed E-state index contributed by atoms with van der Waals surface area (Å²) in [4.78, 5) is 14.5. The Morgan fingerprint density at radius 3 is 2.69 bits per heavy atom. The lowest BCUT2D eigenvalue weighted by atomic mass is 10.1. The molecule has 7 nitrogen and oxygen atoms in total. The highest BCUT2D eigenvalue weighted by molar-refractivity contribution is 5.93. The normalized spacial score (nSPS) is 10.6. The van der Waals surface area contributed by atoms with Crippen LogP contribution in [0.4, 0.5) is 4.39 Å². The Hall–Kier alpha value is -3.39. The van der Waals surface area contributed by atoms with Gasteiger partial charge < -0.3 is 19.5 Å². The molecule has 0 saturated heterocycles. The van der Waals surface area contributed by atoms with E-state index in [0.29, 0.717) is 11.5 Å². The zero-order valence-electron chi connectivity index (χ0n) is 16.2. The molecule has 0 spiro atoms. The highest BCUT2D eigenvalue weighted by atomic mass is 19.1. The number of rotatable bonds is 8. The van der Waals surface area contributed by atoms with Gasteiger partial charge in [-0.15, -0.1) is 0 Å². The predicted molar refractivity (Wildman–Crippen MR) is 105 cm³/mol. The van der Waals surface area contributed by atoms with Gasteiger partial charge >= 0.3 is 0 Å². The van der Waals surface area contributed by atoms with Gasteiger partial charge in [-0.2, -0.15) is 5.10 Å². The molecule has 8 heteroatoms. The molecule has 0 unspecified atom stereocenters. The fourth-order valence-corrected chi connectivity index (χ4v) is 2.95. The van der Waals surface area contributed by atoms with Gasteiger partial charge in [-0.25, -0.2) is 9.07 Å². The molecular weight excluding hydrogens is 377 g/mol. The highest BCUT2D eigenvalue weighted by Crippen LogP contribution is 2.26. The Kier molecular flexibility index (Phi) is 6.46. The predicted octanol–water partition coefficient (Wildman–Crippen LogP) is 2.66. The summed E-state index contributed by atoms with van der Waals surface area (Å²) in [5.74, 6) is 0.434. The second kappa shape index (κ2) is 9.20. The Bertz CT molecular complexity index is 990. The maximum Gasteiger partial charge on any atom is 0.257 e. The number of nitrogens with zero attached hydrogens (tertiary/aromatic N) is 3. The number of ether oxygens (including phenoxy) is 2. The van der Waals surface area contributed by atoms with E-state index in [1.165, 1.54) is 35.2 Å². The summed E-state index contributed by atoms with van der Waals surface area (Å²) in [5.41, 5.74) is 1.29. The Morgan fingerprint density at radius 2 is 2.00 bits per heavy atom. The molecule has 3 aromatic rings. The van der Waals surface area contributed by atoms with E-state index in [1.54, 1.807) is 43.5 Å². The van der Waals surface area contributed by atoms with Crippen molar-refractivity contribution in [1.29, 1.82) is 0 Å². The summed E-state index contributed by atoms with van der Waals surface area (Å²) in [6.07, 6.45) is 2.85. The van der Waals surface area contributed by atoms with Crippen LogP contribution in [0.1, 0.15) is 15.9 Å². The molecule has 0 atom stereocenters. The second-order valence-corrected chi connectivity index (χ2v) is 6.25. The molecular formula is C21H22FN3O4. The molecule has 29 heavy (non-hydrogen) atoms. The molecule has 0 bridgehead atoms. The Balaban J connectivity index is 1.85. The number of aliphatic hydroxyl groups excluding tert-OH is 1. The molecule has 1 amide bonds. The van der Waals surface area contributed by atoms with Gasteiger partial charge in [0.05, 0.1) is 32.6 Å². The average Bonchev–Trinajstić information content (AvgIpc) is 3.23. The van der Waals surface area contributed by atoms with Gasteiger partial charge in [-0.3, -0.25) is 4.79 Å². The monoisotopic (exact) mass is 399 g/mol. The summed E-state index contributed by atoms with van der Waals surface area (Å²) >= 11 is 0. The number of aromatic nitrogens is 2. The van der Waals surface area contributed by atoms with Gasteiger partial charge in [0.2, 0.25) is 0 Å². The fourth-order valence-electron chi connectivity index (χ4n) is 2.95. The van der Waals surface area contributed by atoms with E-state index >= 15 is 0 Å². The van der Waals surface area contributed by atoms with Gasteiger partial charge in [-0.05, 0) is 24.3 Å².